The average molecular weight is 287 g/mol. The molecule has 2 aromatic rings. The van der Waals surface area contributed by atoms with Gasteiger partial charge in [0.25, 0.3) is 0 Å². The summed E-state index contributed by atoms with van der Waals surface area (Å²) in [4.78, 5) is 16.4. The Kier molecular flexibility index (Phi) is 3.80. The van der Waals surface area contributed by atoms with Crippen molar-refractivity contribution in [3.05, 3.63) is 35.8 Å². The molecule has 1 aromatic carbocycles. The van der Waals surface area contributed by atoms with E-state index in [2.05, 4.69) is 22.5 Å². The molecule has 3 rings (SSSR count). The van der Waals surface area contributed by atoms with E-state index in [0.717, 1.165) is 29.2 Å². The van der Waals surface area contributed by atoms with Crippen LogP contribution in [0, 0.1) is 5.92 Å². The van der Waals surface area contributed by atoms with Crippen LogP contribution in [-0.2, 0) is 4.79 Å². The van der Waals surface area contributed by atoms with Crippen molar-refractivity contribution in [1.29, 1.82) is 0 Å². The summed E-state index contributed by atoms with van der Waals surface area (Å²) in [7, 11) is 0. The van der Waals surface area contributed by atoms with Crippen molar-refractivity contribution in [2.45, 2.75) is 19.4 Å². The second-order valence-corrected chi connectivity index (χ2v) is 6.00. The van der Waals surface area contributed by atoms with Crippen LogP contribution in [0.1, 0.15) is 13.3 Å². The van der Waals surface area contributed by atoms with Crippen LogP contribution < -0.4 is 10.6 Å². The van der Waals surface area contributed by atoms with Gasteiger partial charge < -0.3 is 10.6 Å². The van der Waals surface area contributed by atoms with Crippen molar-refractivity contribution < 1.29 is 4.79 Å². The van der Waals surface area contributed by atoms with Gasteiger partial charge in [-0.1, -0.05) is 6.92 Å². The second kappa shape index (κ2) is 5.73. The molecule has 0 aliphatic carbocycles. The maximum Gasteiger partial charge on any atom is 0.241 e. The van der Waals surface area contributed by atoms with E-state index >= 15 is 0 Å². The van der Waals surface area contributed by atoms with Gasteiger partial charge in [0.1, 0.15) is 5.01 Å². The fraction of sp³-hybridized carbons (Fsp3) is 0.333. The SMILES string of the molecule is CC1CCNC1C(=O)Nc1ccc(-c2nccs2)cc1. The Morgan fingerprint density at radius 1 is 1.40 bits per heavy atom. The maximum absolute atomic E-state index is 12.2. The zero-order valence-corrected chi connectivity index (χ0v) is 12.1. The summed E-state index contributed by atoms with van der Waals surface area (Å²) < 4.78 is 0. The third kappa shape index (κ3) is 2.73. The van der Waals surface area contributed by atoms with Gasteiger partial charge in [-0.15, -0.1) is 11.3 Å². The normalized spacial score (nSPS) is 21.9. The van der Waals surface area contributed by atoms with Gasteiger partial charge in [-0.05, 0) is 43.1 Å². The Hall–Kier alpha value is -1.72. The van der Waals surface area contributed by atoms with Crippen LogP contribution >= 0.6 is 11.3 Å². The summed E-state index contributed by atoms with van der Waals surface area (Å²) in [6.07, 6.45) is 2.85. The first kappa shape index (κ1) is 13.3. The summed E-state index contributed by atoms with van der Waals surface area (Å²) in [6.45, 7) is 3.03. The summed E-state index contributed by atoms with van der Waals surface area (Å²) in [5.74, 6) is 0.446. The Balaban J connectivity index is 1.68. The van der Waals surface area contributed by atoms with Gasteiger partial charge in [-0.25, -0.2) is 4.98 Å². The third-order valence-corrected chi connectivity index (χ3v) is 4.47. The first-order valence-corrected chi connectivity index (χ1v) is 7.66. The summed E-state index contributed by atoms with van der Waals surface area (Å²) in [6, 6.07) is 7.75. The number of anilines is 1. The first-order valence-electron chi connectivity index (χ1n) is 6.78. The Morgan fingerprint density at radius 2 is 2.20 bits per heavy atom. The molecule has 20 heavy (non-hydrogen) atoms. The number of hydrogen-bond donors (Lipinski definition) is 2. The van der Waals surface area contributed by atoms with E-state index in [9.17, 15) is 4.79 Å². The van der Waals surface area contributed by atoms with Gasteiger partial charge in [-0.3, -0.25) is 4.79 Å². The Labute approximate surface area is 122 Å². The van der Waals surface area contributed by atoms with Crippen molar-refractivity contribution in [3.8, 4) is 10.6 Å². The molecule has 1 aromatic heterocycles. The van der Waals surface area contributed by atoms with Gasteiger partial charge in [0, 0.05) is 22.8 Å². The zero-order chi connectivity index (χ0) is 13.9. The number of carbonyl (C=O) groups excluding carboxylic acids is 1. The predicted molar refractivity (Wildman–Crippen MR) is 81.8 cm³/mol. The van der Waals surface area contributed by atoms with Crippen molar-refractivity contribution in [2.24, 2.45) is 5.92 Å². The first-order chi connectivity index (χ1) is 9.74. The van der Waals surface area contributed by atoms with Gasteiger partial charge in [0.15, 0.2) is 0 Å². The molecule has 2 N–H and O–H groups in total. The van der Waals surface area contributed by atoms with E-state index < -0.39 is 0 Å². The van der Waals surface area contributed by atoms with Gasteiger partial charge in [0.05, 0.1) is 6.04 Å². The van der Waals surface area contributed by atoms with E-state index in [1.165, 1.54) is 0 Å². The van der Waals surface area contributed by atoms with Crippen LogP contribution in [0.2, 0.25) is 0 Å². The standard InChI is InChI=1S/C15H17N3OS/c1-10-6-7-16-13(10)14(19)18-12-4-2-11(3-5-12)15-17-8-9-20-15/h2-5,8-10,13,16H,6-7H2,1H3,(H,18,19). The van der Waals surface area contributed by atoms with Crippen molar-refractivity contribution in [1.82, 2.24) is 10.3 Å². The fourth-order valence-corrected chi connectivity index (χ4v) is 3.11. The van der Waals surface area contributed by atoms with E-state index in [4.69, 9.17) is 0 Å². The molecule has 1 saturated heterocycles. The van der Waals surface area contributed by atoms with Crippen LogP contribution in [0.4, 0.5) is 5.69 Å². The van der Waals surface area contributed by atoms with Crippen molar-refractivity contribution in [3.63, 3.8) is 0 Å². The minimum absolute atomic E-state index is 0.0528. The maximum atomic E-state index is 12.2. The third-order valence-electron chi connectivity index (χ3n) is 3.65. The molecular weight excluding hydrogens is 270 g/mol. The minimum atomic E-state index is -0.0753. The number of nitrogens with one attached hydrogen (secondary N) is 2. The molecule has 5 heteroatoms. The molecule has 2 heterocycles. The molecular formula is C15H17N3OS. The lowest BCUT2D eigenvalue weighted by atomic mass is 10.0. The van der Waals surface area contributed by atoms with E-state index in [1.54, 1.807) is 17.5 Å². The molecule has 0 radical (unpaired) electrons. The number of carbonyl (C=O) groups is 1. The van der Waals surface area contributed by atoms with Gasteiger partial charge in [0.2, 0.25) is 5.91 Å². The number of aromatic nitrogens is 1. The monoisotopic (exact) mass is 287 g/mol. The highest BCUT2D eigenvalue weighted by molar-refractivity contribution is 7.13. The topological polar surface area (TPSA) is 54.0 Å². The lowest BCUT2D eigenvalue weighted by Gasteiger charge is -2.15. The summed E-state index contributed by atoms with van der Waals surface area (Å²) in [5.41, 5.74) is 1.90. The molecule has 1 aliphatic rings. The molecule has 2 unspecified atom stereocenters. The number of rotatable bonds is 3. The number of hydrogen-bond acceptors (Lipinski definition) is 4. The number of thiazole rings is 1. The summed E-state index contributed by atoms with van der Waals surface area (Å²) >= 11 is 1.61. The summed E-state index contributed by atoms with van der Waals surface area (Å²) in [5, 5.41) is 9.16. The number of amides is 1. The molecule has 2 atom stereocenters. The molecule has 1 fully saturated rings. The van der Waals surface area contributed by atoms with E-state index in [-0.39, 0.29) is 11.9 Å². The number of nitrogens with zero attached hydrogens (tertiary/aromatic N) is 1. The lowest BCUT2D eigenvalue weighted by Crippen LogP contribution is -2.39. The molecule has 0 bridgehead atoms. The molecule has 1 amide bonds. The smallest absolute Gasteiger partial charge is 0.241 e. The number of benzene rings is 1. The molecule has 1 aliphatic heterocycles. The highest BCUT2D eigenvalue weighted by Gasteiger charge is 2.29. The minimum Gasteiger partial charge on any atom is -0.325 e. The Bertz CT molecular complexity index is 580. The van der Waals surface area contributed by atoms with E-state index in [0.29, 0.717) is 5.92 Å². The van der Waals surface area contributed by atoms with Crippen LogP contribution in [-0.4, -0.2) is 23.5 Å². The largest absolute Gasteiger partial charge is 0.325 e. The molecule has 104 valence electrons. The van der Waals surface area contributed by atoms with Crippen molar-refractivity contribution in [2.75, 3.05) is 11.9 Å². The van der Waals surface area contributed by atoms with Crippen LogP contribution in [0.3, 0.4) is 0 Å². The quantitative estimate of drug-likeness (QED) is 0.912. The second-order valence-electron chi connectivity index (χ2n) is 5.10. The lowest BCUT2D eigenvalue weighted by molar-refractivity contribution is -0.118. The van der Waals surface area contributed by atoms with Crippen LogP contribution in [0.25, 0.3) is 10.6 Å². The molecule has 0 spiro atoms. The highest BCUT2D eigenvalue weighted by Crippen LogP contribution is 2.23. The van der Waals surface area contributed by atoms with E-state index in [1.807, 2.05) is 29.6 Å². The molecule has 4 nitrogen and oxygen atoms in total. The predicted octanol–water partition coefficient (Wildman–Crippen LogP) is 2.75. The van der Waals surface area contributed by atoms with Crippen LogP contribution in [0.15, 0.2) is 35.8 Å². The van der Waals surface area contributed by atoms with Gasteiger partial charge >= 0.3 is 0 Å². The molecule has 0 saturated carbocycles. The fourth-order valence-electron chi connectivity index (χ4n) is 2.47. The average Bonchev–Trinajstić information content (AvgIpc) is 3.10. The Morgan fingerprint density at radius 3 is 2.80 bits per heavy atom. The van der Waals surface area contributed by atoms with Gasteiger partial charge in [-0.2, -0.15) is 0 Å². The zero-order valence-electron chi connectivity index (χ0n) is 11.3. The highest BCUT2D eigenvalue weighted by atomic mass is 32.1. The van der Waals surface area contributed by atoms with Crippen LogP contribution in [0.5, 0.6) is 0 Å². The van der Waals surface area contributed by atoms with Crippen molar-refractivity contribution >= 4 is 22.9 Å².